The Hall–Kier alpha value is -4.42. The van der Waals surface area contributed by atoms with E-state index in [1.807, 2.05) is 65.7 Å². The summed E-state index contributed by atoms with van der Waals surface area (Å²) in [7, 11) is 0. The summed E-state index contributed by atoms with van der Waals surface area (Å²) in [6, 6.07) is 23.5. The first-order valence-corrected chi connectivity index (χ1v) is 12.7. The van der Waals surface area contributed by atoms with Crippen LogP contribution in [0, 0.1) is 5.92 Å². The molecule has 4 heterocycles. The molecule has 0 unspecified atom stereocenters. The van der Waals surface area contributed by atoms with Gasteiger partial charge in [0.1, 0.15) is 11.5 Å². The number of Topliss-reactive ketones (excluding diaryl/α,β-unsaturated/α-hetero) is 2. The van der Waals surface area contributed by atoms with Crippen molar-refractivity contribution >= 4 is 40.8 Å². The lowest BCUT2D eigenvalue weighted by atomic mass is 9.62. The van der Waals surface area contributed by atoms with Crippen LogP contribution in [0.15, 0.2) is 102 Å². The number of furan rings is 1. The molecular weight excluding hydrogens is 500 g/mol. The number of benzene rings is 3. The average Bonchev–Trinajstić information content (AvgIpc) is 3.65. The Bertz CT molecular complexity index is 1640. The van der Waals surface area contributed by atoms with Gasteiger partial charge in [-0.3, -0.25) is 14.4 Å². The smallest absolute Gasteiger partial charge is 0.238 e. The van der Waals surface area contributed by atoms with Gasteiger partial charge < -0.3 is 14.6 Å². The molecule has 0 radical (unpaired) electrons. The number of rotatable bonds is 4. The van der Waals surface area contributed by atoms with E-state index in [4.69, 9.17) is 16.0 Å². The number of hydrogen-bond donors (Lipinski definition) is 1. The van der Waals surface area contributed by atoms with Crippen LogP contribution in [-0.4, -0.2) is 28.4 Å². The molecule has 0 bridgehead atoms. The molecule has 38 heavy (non-hydrogen) atoms. The van der Waals surface area contributed by atoms with Crippen LogP contribution in [-0.2, 0) is 10.2 Å². The highest BCUT2D eigenvalue weighted by Gasteiger charge is 2.71. The van der Waals surface area contributed by atoms with Gasteiger partial charge in [-0.25, -0.2) is 0 Å². The molecule has 0 saturated carbocycles. The molecule has 3 aliphatic heterocycles. The molecule has 7 heteroatoms. The van der Waals surface area contributed by atoms with E-state index in [0.29, 0.717) is 21.8 Å². The summed E-state index contributed by atoms with van der Waals surface area (Å²) in [6.45, 7) is 0. The van der Waals surface area contributed by atoms with Crippen LogP contribution in [0.25, 0.3) is 6.08 Å². The van der Waals surface area contributed by atoms with E-state index in [2.05, 4.69) is 5.32 Å². The Morgan fingerprint density at radius 1 is 0.895 bits per heavy atom. The van der Waals surface area contributed by atoms with Gasteiger partial charge in [0, 0.05) is 22.5 Å². The first kappa shape index (κ1) is 22.8. The zero-order valence-corrected chi connectivity index (χ0v) is 20.8. The third-order valence-electron chi connectivity index (χ3n) is 8.01. The van der Waals surface area contributed by atoms with Crippen molar-refractivity contribution in [2.24, 2.45) is 5.92 Å². The monoisotopic (exact) mass is 520 g/mol. The van der Waals surface area contributed by atoms with Crippen LogP contribution in [0.4, 0.5) is 5.69 Å². The summed E-state index contributed by atoms with van der Waals surface area (Å²) in [5.74, 6) is -1.88. The molecule has 3 aromatic carbocycles. The van der Waals surface area contributed by atoms with E-state index in [9.17, 15) is 14.4 Å². The van der Waals surface area contributed by atoms with E-state index in [1.165, 1.54) is 6.26 Å². The van der Waals surface area contributed by atoms with E-state index in [0.717, 1.165) is 11.1 Å². The minimum absolute atomic E-state index is 0.138. The highest BCUT2D eigenvalue weighted by molar-refractivity contribution is 6.30. The summed E-state index contributed by atoms with van der Waals surface area (Å²) < 4.78 is 5.52. The third kappa shape index (κ3) is 2.98. The van der Waals surface area contributed by atoms with Gasteiger partial charge in [-0.15, -0.1) is 0 Å². The number of carbonyl (C=O) groups excluding carboxylic acids is 3. The molecule has 1 fully saturated rings. The molecule has 4 atom stereocenters. The van der Waals surface area contributed by atoms with Crippen molar-refractivity contribution in [2.75, 3.05) is 5.32 Å². The summed E-state index contributed by atoms with van der Waals surface area (Å²) in [5, 5.41) is 3.53. The number of amides is 1. The van der Waals surface area contributed by atoms with Crippen molar-refractivity contribution in [3.8, 4) is 0 Å². The highest BCUT2D eigenvalue weighted by Crippen LogP contribution is 2.62. The second kappa shape index (κ2) is 8.30. The minimum atomic E-state index is -1.37. The molecule has 6 nitrogen and oxygen atoms in total. The molecule has 7 rings (SSSR count). The second-order valence-corrected chi connectivity index (χ2v) is 10.2. The molecular formula is C31H21ClN2O4. The molecule has 1 N–H and O–H groups in total. The lowest BCUT2D eigenvalue weighted by molar-refractivity contribution is -0.122. The van der Waals surface area contributed by atoms with Crippen LogP contribution in [0.3, 0.4) is 0 Å². The zero-order valence-electron chi connectivity index (χ0n) is 20.0. The fraction of sp³-hybridized carbons (Fsp3) is 0.129. The number of hydrogen-bond acceptors (Lipinski definition) is 5. The third-order valence-corrected chi connectivity index (χ3v) is 8.27. The number of fused-ring (bicyclic) bond motifs is 6. The molecule has 4 aromatic rings. The van der Waals surface area contributed by atoms with E-state index >= 15 is 0 Å². The molecule has 0 aliphatic carbocycles. The van der Waals surface area contributed by atoms with Crippen molar-refractivity contribution in [1.29, 1.82) is 0 Å². The molecule has 1 spiro atoms. The van der Waals surface area contributed by atoms with Gasteiger partial charge in [-0.05, 0) is 65.2 Å². The molecule has 3 aliphatic rings. The number of nitrogens with one attached hydrogen (secondary N) is 1. The van der Waals surface area contributed by atoms with Gasteiger partial charge in [-0.1, -0.05) is 54.1 Å². The molecule has 186 valence electrons. The van der Waals surface area contributed by atoms with Gasteiger partial charge in [0.2, 0.25) is 11.7 Å². The van der Waals surface area contributed by atoms with Crippen molar-refractivity contribution in [3.63, 3.8) is 0 Å². The van der Waals surface area contributed by atoms with Gasteiger partial charge in [0.25, 0.3) is 0 Å². The first-order chi connectivity index (χ1) is 18.5. The van der Waals surface area contributed by atoms with Crippen molar-refractivity contribution in [2.45, 2.75) is 17.5 Å². The maximum Gasteiger partial charge on any atom is 0.238 e. The number of halogens is 1. The van der Waals surface area contributed by atoms with Gasteiger partial charge in [0.15, 0.2) is 11.5 Å². The first-order valence-electron chi connectivity index (χ1n) is 12.3. The number of anilines is 1. The van der Waals surface area contributed by atoms with Crippen molar-refractivity contribution in [3.05, 3.63) is 130 Å². The predicted molar refractivity (Wildman–Crippen MR) is 143 cm³/mol. The number of carbonyl (C=O) groups is 3. The Labute approximate surface area is 223 Å². The quantitative estimate of drug-likeness (QED) is 0.338. The summed E-state index contributed by atoms with van der Waals surface area (Å²) in [4.78, 5) is 44.9. The van der Waals surface area contributed by atoms with E-state index in [1.54, 1.807) is 36.4 Å². The van der Waals surface area contributed by atoms with Crippen molar-refractivity contribution in [1.82, 2.24) is 4.90 Å². The largest absolute Gasteiger partial charge is 0.461 e. The van der Waals surface area contributed by atoms with E-state index in [-0.39, 0.29) is 23.2 Å². The normalized spacial score (nSPS) is 24.6. The predicted octanol–water partition coefficient (Wildman–Crippen LogP) is 5.91. The molecule has 1 amide bonds. The Morgan fingerprint density at radius 2 is 1.66 bits per heavy atom. The maximum absolute atomic E-state index is 14.6. The summed E-state index contributed by atoms with van der Waals surface area (Å²) in [6.07, 6.45) is 5.20. The molecule has 1 aromatic heterocycles. The zero-order chi connectivity index (χ0) is 26.0. The lowest BCUT2D eigenvalue weighted by Crippen LogP contribution is -2.49. The number of ketones is 2. The average molecular weight is 521 g/mol. The van der Waals surface area contributed by atoms with Crippen LogP contribution >= 0.6 is 11.6 Å². The van der Waals surface area contributed by atoms with Gasteiger partial charge >= 0.3 is 0 Å². The second-order valence-electron chi connectivity index (χ2n) is 9.80. The topological polar surface area (TPSA) is 79.6 Å². The SMILES string of the molecule is O=C(c1ccc(Cl)cc1)[C@@H]1[C@H](C(=O)c2ccco2)N2C=Cc3ccccc3[C@H]2[C@]12C(=O)Nc1ccccc12. The van der Waals surface area contributed by atoms with Crippen molar-refractivity contribution < 1.29 is 18.8 Å². The Kier molecular flexibility index (Phi) is 4.97. The van der Waals surface area contributed by atoms with Crippen LogP contribution in [0.5, 0.6) is 0 Å². The van der Waals surface area contributed by atoms with Crippen LogP contribution < -0.4 is 5.32 Å². The Balaban J connectivity index is 1.55. The number of para-hydroxylation sites is 1. The number of nitrogens with zero attached hydrogens (tertiary/aromatic N) is 1. The standard InChI is InChI=1S/C31H21ClN2O4/c32-20-13-11-19(12-14-20)27(35)25-26(28(36)24-10-5-17-38-24)34-16-15-18-6-1-2-7-21(18)29(34)31(25)22-8-3-4-9-23(22)33-30(31)37/h1-17,25-26,29H,(H,33,37)/t25-,26+,29-,31+/m0/s1. The fourth-order valence-electron chi connectivity index (χ4n) is 6.53. The van der Waals surface area contributed by atoms with Gasteiger partial charge in [0.05, 0.1) is 18.2 Å². The molecule has 1 saturated heterocycles. The van der Waals surface area contributed by atoms with Crippen LogP contribution in [0.1, 0.15) is 43.6 Å². The minimum Gasteiger partial charge on any atom is -0.461 e. The maximum atomic E-state index is 14.6. The fourth-order valence-corrected chi connectivity index (χ4v) is 6.65. The van der Waals surface area contributed by atoms with Gasteiger partial charge in [-0.2, -0.15) is 0 Å². The lowest BCUT2D eigenvalue weighted by Gasteiger charge is -2.38. The van der Waals surface area contributed by atoms with E-state index < -0.39 is 23.4 Å². The Morgan fingerprint density at radius 3 is 2.45 bits per heavy atom. The summed E-state index contributed by atoms with van der Waals surface area (Å²) in [5.41, 5.74) is 2.17. The van der Waals surface area contributed by atoms with Crippen LogP contribution in [0.2, 0.25) is 5.02 Å². The summed E-state index contributed by atoms with van der Waals surface area (Å²) >= 11 is 6.13. The highest BCUT2D eigenvalue weighted by atomic mass is 35.5.